The minimum atomic E-state index is 0.360. The van der Waals surface area contributed by atoms with E-state index < -0.39 is 0 Å². The van der Waals surface area contributed by atoms with Crippen molar-refractivity contribution in [1.82, 2.24) is 9.88 Å². The molecule has 3 nitrogen and oxygen atoms in total. The van der Waals surface area contributed by atoms with Gasteiger partial charge in [-0.25, -0.2) is 0 Å². The Labute approximate surface area is 109 Å². The molecular weight excluding hydrogens is 230 g/mol. The van der Waals surface area contributed by atoms with Gasteiger partial charge in [0, 0.05) is 19.3 Å². The summed E-state index contributed by atoms with van der Waals surface area (Å²) < 4.78 is 0. The average molecular weight is 251 g/mol. The lowest BCUT2D eigenvalue weighted by molar-refractivity contribution is 0.248. The number of nitrogens with two attached hydrogens (primary N) is 1. The number of rotatable bonds is 6. The molecule has 1 rings (SSSR count). The van der Waals surface area contributed by atoms with Crippen LogP contribution in [0.2, 0.25) is 0 Å². The van der Waals surface area contributed by atoms with Crippen molar-refractivity contribution in [2.24, 2.45) is 11.7 Å². The molecule has 0 radical (unpaired) electrons. The molecule has 94 valence electrons. The van der Waals surface area contributed by atoms with E-state index in [0.717, 1.165) is 19.6 Å². The second-order valence-corrected chi connectivity index (χ2v) is 5.07. The molecule has 4 heteroatoms. The van der Waals surface area contributed by atoms with E-state index in [9.17, 15) is 0 Å². The van der Waals surface area contributed by atoms with E-state index in [1.54, 1.807) is 6.20 Å². The van der Waals surface area contributed by atoms with Crippen LogP contribution in [0.15, 0.2) is 18.3 Å². The van der Waals surface area contributed by atoms with Crippen molar-refractivity contribution in [2.75, 3.05) is 13.1 Å². The number of pyridine rings is 1. The summed E-state index contributed by atoms with van der Waals surface area (Å²) in [5.41, 5.74) is 7.50. The summed E-state index contributed by atoms with van der Waals surface area (Å²) in [6, 6.07) is 4.00. The molecule has 0 aliphatic heterocycles. The van der Waals surface area contributed by atoms with Gasteiger partial charge in [-0.2, -0.15) is 0 Å². The van der Waals surface area contributed by atoms with Crippen molar-refractivity contribution in [3.63, 3.8) is 0 Å². The van der Waals surface area contributed by atoms with Gasteiger partial charge < -0.3 is 5.73 Å². The third-order valence-corrected chi connectivity index (χ3v) is 2.76. The third kappa shape index (κ3) is 4.79. The number of thiocarbonyl (C=S) groups is 1. The number of nitrogens with zero attached hydrogens (tertiary/aromatic N) is 2. The van der Waals surface area contributed by atoms with Crippen LogP contribution in [0.5, 0.6) is 0 Å². The summed E-state index contributed by atoms with van der Waals surface area (Å²) in [5, 5.41) is 0. The molecule has 0 aliphatic rings. The Morgan fingerprint density at radius 1 is 1.53 bits per heavy atom. The van der Waals surface area contributed by atoms with Crippen molar-refractivity contribution < 1.29 is 0 Å². The van der Waals surface area contributed by atoms with Gasteiger partial charge in [0.25, 0.3) is 0 Å². The second kappa shape index (κ2) is 6.67. The lowest BCUT2D eigenvalue weighted by Gasteiger charge is -2.22. The molecule has 0 fully saturated rings. The zero-order valence-electron chi connectivity index (χ0n) is 10.8. The summed E-state index contributed by atoms with van der Waals surface area (Å²) in [4.78, 5) is 6.91. The predicted molar refractivity (Wildman–Crippen MR) is 75.9 cm³/mol. The summed E-state index contributed by atoms with van der Waals surface area (Å²) in [7, 11) is 0. The maximum Gasteiger partial charge on any atom is 0.122 e. The minimum Gasteiger partial charge on any atom is -0.388 e. The van der Waals surface area contributed by atoms with Crippen molar-refractivity contribution >= 4 is 17.2 Å². The predicted octanol–water partition coefficient (Wildman–Crippen LogP) is 2.19. The minimum absolute atomic E-state index is 0.360. The molecule has 0 saturated carbocycles. The zero-order chi connectivity index (χ0) is 12.8. The van der Waals surface area contributed by atoms with Crippen LogP contribution in [-0.4, -0.2) is 28.0 Å². The molecule has 1 aromatic rings. The molecule has 17 heavy (non-hydrogen) atoms. The first-order chi connectivity index (χ1) is 8.02. The van der Waals surface area contributed by atoms with E-state index in [1.807, 2.05) is 12.1 Å². The van der Waals surface area contributed by atoms with Crippen LogP contribution in [-0.2, 0) is 6.54 Å². The maximum atomic E-state index is 5.58. The Balaban J connectivity index is 2.72. The molecule has 0 atom stereocenters. The Hall–Kier alpha value is -1.00. The zero-order valence-corrected chi connectivity index (χ0v) is 11.6. The van der Waals surface area contributed by atoms with Gasteiger partial charge in [0.2, 0.25) is 0 Å². The molecule has 1 heterocycles. The fraction of sp³-hybridized carbons (Fsp3) is 0.538. The van der Waals surface area contributed by atoms with E-state index in [1.165, 1.54) is 5.56 Å². The van der Waals surface area contributed by atoms with Gasteiger partial charge in [0.1, 0.15) is 4.99 Å². The Bertz CT molecular complexity index is 377. The largest absolute Gasteiger partial charge is 0.388 e. The summed E-state index contributed by atoms with van der Waals surface area (Å²) in [5.74, 6) is 0.673. The van der Waals surface area contributed by atoms with Gasteiger partial charge in [-0.3, -0.25) is 9.88 Å². The Morgan fingerprint density at radius 2 is 2.24 bits per heavy atom. The summed E-state index contributed by atoms with van der Waals surface area (Å²) in [6.07, 6.45) is 1.77. The molecular formula is C13H21N3S. The van der Waals surface area contributed by atoms with E-state index in [0.29, 0.717) is 16.6 Å². The number of hydrogen-bond donors (Lipinski definition) is 1. The molecule has 1 aromatic heterocycles. The Kier molecular flexibility index (Phi) is 5.51. The van der Waals surface area contributed by atoms with Gasteiger partial charge in [0.05, 0.1) is 5.69 Å². The van der Waals surface area contributed by atoms with Crippen LogP contribution in [0.1, 0.15) is 32.0 Å². The van der Waals surface area contributed by atoms with E-state index in [4.69, 9.17) is 18.0 Å². The summed E-state index contributed by atoms with van der Waals surface area (Å²) >= 11 is 4.94. The first-order valence-electron chi connectivity index (χ1n) is 6.00. The second-order valence-electron chi connectivity index (χ2n) is 4.64. The molecule has 0 saturated heterocycles. The average Bonchev–Trinajstić information content (AvgIpc) is 2.28. The maximum absolute atomic E-state index is 5.58. The Morgan fingerprint density at radius 3 is 2.76 bits per heavy atom. The summed E-state index contributed by atoms with van der Waals surface area (Å²) in [6.45, 7) is 9.71. The van der Waals surface area contributed by atoms with Gasteiger partial charge >= 0.3 is 0 Å². The molecule has 0 amide bonds. The van der Waals surface area contributed by atoms with E-state index in [-0.39, 0.29) is 0 Å². The lowest BCUT2D eigenvalue weighted by Crippen LogP contribution is -2.27. The van der Waals surface area contributed by atoms with Crippen LogP contribution in [0, 0.1) is 5.92 Å². The molecule has 0 bridgehead atoms. The van der Waals surface area contributed by atoms with Crippen molar-refractivity contribution in [1.29, 1.82) is 0 Å². The quantitative estimate of drug-likeness (QED) is 0.787. The van der Waals surface area contributed by atoms with Gasteiger partial charge in [-0.05, 0) is 30.2 Å². The topological polar surface area (TPSA) is 42.2 Å². The third-order valence-electron chi connectivity index (χ3n) is 2.55. The first kappa shape index (κ1) is 14.1. The highest BCUT2D eigenvalue weighted by Gasteiger charge is 2.07. The van der Waals surface area contributed by atoms with Gasteiger partial charge in [0.15, 0.2) is 0 Å². The van der Waals surface area contributed by atoms with Crippen LogP contribution in [0.4, 0.5) is 0 Å². The lowest BCUT2D eigenvalue weighted by atomic mass is 10.1. The molecule has 0 spiro atoms. The van der Waals surface area contributed by atoms with Crippen LogP contribution in [0.25, 0.3) is 0 Å². The number of hydrogen-bond acceptors (Lipinski definition) is 3. The van der Waals surface area contributed by atoms with E-state index >= 15 is 0 Å². The smallest absolute Gasteiger partial charge is 0.122 e. The van der Waals surface area contributed by atoms with Crippen molar-refractivity contribution in [3.05, 3.63) is 29.6 Å². The fourth-order valence-corrected chi connectivity index (χ4v) is 1.90. The molecule has 0 aliphatic carbocycles. The highest BCUT2D eigenvalue weighted by atomic mass is 32.1. The standard InChI is InChI=1S/C13H21N3S/c1-4-16(8-10(2)3)9-11-5-6-15-12(7-11)13(14)17/h5-7,10H,4,8-9H2,1-3H3,(H2,14,17). The van der Waals surface area contributed by atoms with Crippen LogP contribution < -0.4 is 5.73 Å². The SMILES string of the molecule is CCN(Cc1ccnc(C(N)=S)c1)CC(C)C. The molecule has 2 N–H and O–H groups in total. The van der Waals surface area contributed by atoms with Crippen molar-refractivity contribution in [3.8, 4) is 0 Å². The molecule has 0 unspecified atom stereocenters. The van der Waals surface area contributed by atoms with Crippen molar-refractivity contribution in [2.45, 2.75) is 27.3 Å². The number of aromatic nitrogens is 1. The van der Waals surface area contributed by atoms with Gasteiger partial charge in [-0.15, -0.1) is 0 Å². The van der Waals surface area contributed by atoms with Gasteiger partial charge in [-0.1, -0.05) is 33.0 Å². The highest BCUT2D eigenvalue weighted by Crippen LogP contribution is 2.08. The fourth-order valence-electron chi connectivity index (χ4n) is 1.79. The normalized spacial score (nSPS) is 11.1. The van der Waals surface area contributed by atoms with E-state index in [2.05, 4.69) is 30.7 Å². The molecule has 0 aromatic carbocycles. The first-order valence-corrected chi connectivity index (χ1v) is 6.40. The monoisotopic (exact) mass is 251 g/mol. The van der Waals surface area contributed by atoms with Crippen LogP contribution in [0.3, 0.4) is 0 Å². The van der Waals surface area contributed by atoms with Crippen LogP contribution >= 0.6 is 12.2 Å². The highest BCUT2D eigenvalue weighted by molar-refractivity contribution is 7.80.